The molecule has 1 saturated carbocycles. The summed E-state index contributed by atoms with van der Waals surface area (Å²) in [6.07, 6.45) is 7.03. The maximum atomic E-state index is 11.7. The van der Waals surface area contributed by atoms with Crippen molar-refractivity contribution in [2.45, 2.75) is 18.8 Å². The first-order chi connectivity index (χ1) is 8.72. The molecule has 3 heteroatoms. The average molecular weight is 239 g/mol. The molecule has 3 aliphatic rings. The summed E-state index contributed by atoms with van der Waals surface area (Å²) >= 11 is 0. The van der Waals surface area contributed by atoms with Crippen LogP contribution in [-0.4, -0.2) is 11.8 Å². The van der Waals surface area contributed by atoms with Gasteiger partial charge in [-0.15, -0.1) is 0 Å². The van der Waals surface area contributed by atoms with Crippen molar-refractivity contribution in [3.8, 4) is 0 Å². The fourth-order valence-corrected chi connectivity index (χ4v) is 3.58. The van der Waals surface area contributed by atoms with Crippen molar-refractivity contribution in [3.05, 3.63) is 47.0 Å². The van der Waals surface area contributed by atoms with Crippen LogP contribution in [0.4, 0.5) is 0 Å². The van der Waals surface area contributed by atoms with Crippen molar-refractivity contribution >= 4 is 11.8 Å². The fraction of sp³-hybridized carbons (Fsp3) is 0.333. The van der Waals surface area contributed by atoms with Crippen LogP contribution in [0.5, 0.6) is 0 Å². The Bertz CT molecular complexity index is 603. The van der Waals surface area contributed by atoms with Gasteiger partial charge in [0, 0.05) is 0 Å². The second-order valence-corrected chi connectivity index (χ2v) is 5.48. The molecule has 18 heavy (non-hydrogen) atoms. The van der Waals surface area contributed by atoms with Gasteiger partial charge in [0.05, 0.1) is 11.1 Å². The molecular weight excluding hydrogens is 226 g/mol. The predicted octanol–water partition coefficient (Wildman–Crippen LogP) is 2.25. The highest BCUT2D eigenvalue weighted by molar-refractivity contribution is 6.21. The lowest BCUT2D eigenvalue weighted by Gasteiger charge is -2.18. The SMILES string of the molecule is O=C1NC(=O)c2cc(C3CC4C=CC3C4)ccc21. The van der Waals surface area contributed by atoms with Crippen LogP contribution < -0.4 is 5.32 Å². The van der Waals surface area contributed by atoms with E-state index in [-0.39, 0.29) is 11.8 Å². The summed E-state index contributed by atoms with van der Waals surface area (Å²) in [6.45, 7) is 0. The summed E-state index contributed by atoms with van der Waals surface area (Å²) < 4.78 is 0. The van der Waals surface area contributed by atoms with Gasteiger partial charge in [-0.05, 0) is 48.3 Å². The van der Waals surface area contributed by atoms with Crippen molar-refractivity contribution in [2.24, 2.45) is 11.8 Å². The lowest BCUT2D eigenvalue weighted by molar-refractivity contribution is 0.0879. The monoisotopic (exact) mass is 239 g/mol. The normalized spacial score (nSPS) is 31.9. The van der Waals surface area contributed by atoms with Crippen molar-refractivity contribution in [3.63, 3.8) is 0 Å². The third-order valence-corrected chi connectivity index (χ3v) is 4.47. The molecule has 0 saturated heterocycles. The van der Waals surface area contributed by atoms with Gasteiger partial charge in [-0.25, -0.2) is 0 Å². The van der Waals surface area contributed by atoms with Crippen molar-refractivity contribution in [2.75, 3.05) is 0 Å². The average Bonchev–Trinajstić information content (AvgIpc) is 3.05. The van der Waals surface area contributed by atoms with Gasteiger partial charge in [0.25, 0.3) is 11.8 Å². The largest absolute Gasteiger partial charge is 0.288 e. The van der Waals surface area contributed by atoms with E-state index in [1.807, 2.05) is 12.1 Å². The molecule has 3 atom stereocenters. The quantitative estimate of drug-likeness (QED) is 0.603. The molecule has 3 unspecified atom stereocenters. The zero-order chi connectivity index (χ0) is 12.3. The number of imide groups is 1. The van der Waals surface area contributed by atoms with Gasteiger partial charge in [0.1, 0.15) is 0 Å². The molecule has 0 aromatic heterocycles. The molecule has 0 spiro atoms. The Labute approximate surface area is 105 Å². The maximum absolute atomic E-state index is 11.7. The molecule has 1 aromatic rings. The van der Waals surface area contributed by atoms with Crippen LogP contribution in [0.25, 0.3) is 0 Å². The summed E-state index contributed by atoms with van der Waals surface area (Å²) in [4.78, 5) is 23.1. The first-order valence-corrected chi connectivity index (χ1v) is 6.40. The molecule has 1 aromatic carbocycles. The highest BCUT2D eigenvalue weighted by atomic mass is 16.2. The Hall–Kier alpha value is -1.90. The highest BCUT2D eigenvalue weighted by Crippen LogP contribution is 2.48. The Balaban J connectivity index is 1.76. The number of carbonyl (C=O) groups excluding carboxylic acids is 2. The van der Waals surface area contributed by atoms with Gasteiger partial charge >= 0.3 is 0 Å². The number of carbonyl (C=O) groups is 2. The number of nitrogens with one attached hydrogen (secondary N) is 1. The van der Waals surface area contributed by atoms with Gasteiger partial charge in [0.15, 0.2) is 0 Å². The smallest absolute Gasteiger partial charge is 0.258 e. The zero-order valence-corrected chi connectivity index (χ0v) is 9.85. The van der Waals surface area contributed by atoms with E-state index < -0.39 is 0 Å². The van der Waals surface area contributed by atoms with Crippen LogP contribution in [0.3, 0.4) is 0 Å². The summed E-state index contributed by atoms with van der Waals surface area (Å²) in [5, 5.41) is 2.34. The third-order valence-electron chi connectivity index (χ3n) is 4.47. The molecule has 1 N–H and O–H groups in total. The number of benzene rings is 1. The van der Waals surface area contributed by atoms with Crippen LogP contribution in [0.15, 0.2) is 30.4 Å². The molecule has 4 rings (SSSR count). The van der Waals surface area contributed by atoms with E-state index in [0.717, 1.165) is 0 Å². The van der Waals surface area contributed by atoms with Gasteiger partial charge in [-0.1, -0.05) is 18.2 Å². The number of hydrogen-bond acceptors (Lipinski definition) is 2. The van der Waals surface area contributed by atoms with E-state index in [9.17, 15) is 9.59 Å². The molecule has 2 amide bonds. The van der Waals surface area contributed by atoms with Crippen LogP contribution in [0.1, 0.15) is 45.0 Å². The molecule has 1 fully saturated rings. The van der Waals surface area contributed by atoms with E-state index in [1.165, 1.54) is 18.4 Å². The van der Waals surface area contributed by atoms with E-state index in [0.29, 0.717) is 28.9 Å². The van der Waals surface area contributed by atoms with E-state index >= 15 is 0 Å². The molecule has 2 bridgehead atoms. The fourth-order valence-electron chi connectivity index (χ4n) is 3.58. The Kier molecular flexibility index (Phi) is 1.85. The minimum atomic E-state index is -0.269. The Morgan fingerprint density at radius 1 is 1.00 bits per heavy atom. The number of amides is 2. The summed E-state index contributed by atoms with van der Waals surface area (Å²) in [5.41, 5.74) is 2.27. The lowest BCUT2D eigenvalue weighted by atomic mass is 9.85. The molecular formula is C15H13NO2. The maximum Gasteiger partial charge on any atom is 0.258 e. The zero-order valence-electron chi connectivity index (χ0n) is 9.85. The molecule has 90 valence electrons. The van der Waals surface area contributed by atoms with Gasteiger partial charge in [0.2, 0.25) is 0 Å². The van der Waals surface area contributed by atoms with Crippen molar-refractivity contribution in [1.82, 2.24) is 5.32 Å². The molecule has 1 aliphatic heterocycles. The minimum Gasteiger partial charge on any atom is -0.288 e. The van der Waals surface area contributed by atoms with Gasteiger partial charge in [-0.2, -0.15) is 0 Å². The van der Waals surface area contributed by atoms with E-state index in [4.69, 9.17) is 0 Å². The predicted molar refractivity (Wildman–Crippen MR) is 66.3 cm³/mol. The first kappa shape index (κ1) is 10.1. The van der Waals surface area contributed by atoms with E-state index in [1.54, 1.807) is 6.07 Å². The molecule has 1 heterocycles. The van der Waals surface area contributed by atoms with Gasteiger partial charge in [-0.3, -0.25) is 14.9 Å². The number of hydrogen-bond donors (Lipinski definition) is 1. The van der Waals surface area contributed by atoms with Crippen LogP contribution >= 0.6 is 0 Å². The van der Waals surface area contributed by atoms with Crippen molar-refractivity contribution in [1.29, 1.82) is 0 Å². The molecule has 3 nitrogen and oxygen atoms in total. The third kappa shape index (κ3) is 1.24. The number of rotatable bonds is 1. The number of allylic oxidation sites excluding steroid dienone is 2. The van der Waals surface area contributed by atoms with Crippen LogP contribution in [0.2, 0.25) is 0 Å². The van der Waals surface area contributed by atoms with E-state index in [2.05, 4.69) is 17.5 Å². The first-order valence-electron chi connectivity index (χ1n) is 6.40. The van der Waals surface area contributed by atoms with Crippen LogP contribution in [0, 0.1) is 11.8 Å². The lowest BCUT2D eigenvalue weighted by Crippen LogP contribution is -2.19. The number of fused-ring (bicyclic) bond motifs is 3. The summed E-state index contributed by atoms with van der Waals surface area (Å²) in [5.74, 6) is 1.33. The molecule has 0 radical (unpaired) electrons. The molecule has 2 aliphatic carbocycles. The minimum absolute atomic E-state index is 0.254. The second kappa shape index (κ2) is 3.31. The standard InChI is InChI=1S/C15H13NO2/c17-14-11-4-3-10(7-13(11)15(18)16-14)12-6-8-1-2-9(12)5-8/h1-4,7-9,12H,5-6H2,(H,16,17,18). The van der Waals surface area contributed by atoms with Gasteiger partial charge < -0.3 is 0 Å². The topological polar surface area (TPSA) is 46.2 Å². The Morgan fingerprint density at radius 3 is 2.56 bits per heavy atom. The Morgan fingerprint density at radius 2 is 1.83 bits per heavy atom. The highest BCUT2D eigenvalue weighted by Gasteiger charge is 2.37. The summed E-state index contributed by atoms with van der Waals surface area (Å²) in [6, 6.07) is 5.71. The van der Waals surface area contributed by atoms with Crippen molar-refractivity contribution < 1.29 is 9.59 Å². The second-order valence-electron chi connectivity index (χ2n) is 5.48. The van der Waals surface area contributed by atoms with Crippen LogP contribution in [-0.2, 0) is 0 Å². The summed E-state index contributed by atoms with van der Waals surface area (Å²) in [7, 11) is 0.